The highest BCUT2D eigenvalue weighted by Gasteiger charge is 2.11. The Labute approximate surface area is 103 Å². The lowest BCUT2D eigenvalue weighted by atomic mass is 10.3. The maximum absolute atomic E-state index is 11.4. The third-order valence-corrected chi connectivity index (χ3v) is 2.83. The Bertz CT molecular complexity index is 509. The van der Waals surface area contributed by atoms with E-state index in [2.05, 4.69) is 15.3 Å². The molecule has 2 heterocycles. The lowest BCUT2D eigenvalue weighted by Crippen LogP contribution is -2.32. The fourth-order valence-electron chi connectivity index (χ4n) is 1.18. The number of nitrogens with one attached hydrogen (secondary N) is 1. The summed E-state index contributed by atoms with van der Waals surface area (Å²) in [7, 11) is 0. The van der Waals surface area contributed by atoms with Crippen molar-refractivity contribution in [3.05, 3.63) is 29.8 Å². The molecule has 0 saturated carbocycles. The van der Waals surface area contributed by atoms with Crippen LogP contribution in [0.4, 0.5) is 5.13 Å². The van der Waals surface area contributed by atoms with E-state index in [1.54, 1.807) is 13.1 Å². The van der Waals surface area contributed by atoms with Crippen molar-refractivity contribution in [1.29, 1.82) is 0 Å². The Hall–Kier alpha value is -1.79. The molecule has 5 nitrogen and oxygen atoms in total. The van der Waals surface area contributed by atoms with Gasteiger partial charge in [-0.25, -0.2) is 4.98 Å². The molecule has 1 amide bonds. The number of thiazole rings is 1. The first-order valence-electron chi connectivity index (χ1n) is 5.10. The van der Waals surface area contributed by atoms with E-state index in [1.165, 1.54) is 11.3 Å². The van der Waals surface area contributed by atoms with Gasteiger partial charge < -0.3 is 11.1 Å². The van der Waals surface area contributed by atoms with Crippen LogP contribution in [-0.2, 0) is 4.79 Å². The molecule has 2 aromatic heterocycles. The third-order valence-electron chi connectivity index (χ3n) is 2.08. The van der Waals surface area contributed by atoms with E-state index in [0.717, 1.165) is 11.4 Å². The predicted octanol–water partition coefficient (Wildman–Crippen LogP) is 1.49. The molecule has 88 valence electrons. The number of anilines is 1. The number of amides is 1. The second-order valence-electron chi connectivity index (χ2n) is 3.53. The number of carbonyl (C=O) groups excluding carboxylic acids is 1. The lowest BCUT2D eigenvalue weighted by molar-refractivity contribution is -0.117. The molecule has 0 aliphatic heterocycles. The first kappa shape index (κ1) is 11.7. The van der Waals surface area contributed by atoms with Crippen LogP contribution in [0.1, 0.15) is 6.92 Å². The number of hydrogen-bond donors (Lipinski definition) is 2. The van der Waals surface area contributed by atoms with Gasteiger partial charge in [-0.15, -0.1) is 11.3 Å². The highest BCUT2D eigenvalue weighted by molar-refractivity contribution is 7.14. The summed E-state index contributed by atoms with van der Waals surface area (Å²) in [6, 6.07) is 5.06. The molecule has 2 aromatic rings. The number of nitrogens with zero attached hydrogens (tertiary/aromatic N) is 2. The minimum absolute atomic E-state index is 0.244. The first-order chi connectivity index (χ1) is 8.16. The van der Waals surface area contributed by atoms with E-state index in [-0.39, 0.29) is 5.91 Å². The highest BCUT2D eigenvalue weighted by atomic mass is 32.1. The number of carbonyl (C=O) groups is 1. The van der Waals surface area contributed by atoms with Gasteiger partial charge in [0.05, 0.1) is 11.7 Å². The van der Waals surface area contributed by atoms with Crippen LogP contribution in [0, 0.1) is 0 Å². The van der Waals surface area contributed by atoms with E-state index < -0.39 is 6.04 Å². The number of rotatable bonds is 3. The van der Waals surface area contributed by atoms with Crippen LogP contribution in [-0.4, -0.2) is 21.9 Å². The number of pyridine rings is 1. The molecule has 0 fully saturated rings. The normalized spacial score (nSPS) is 12.1. The fraction of sp³-hybridized carbons (Fsp3) is 0.182. The summed E-state index contributed by atoms with van der Waals surface area (Å²) in [6.07, 6.45) is 1.70. The summed E-state index contributed by atoms with van der Waals surface area (Å²) >= 11 is 1.35. The van der Waals surface area contributed by atoms with Crippen molar-refractivity contribution in [2.45, 2.75) is 13.0 Å². The minimum Gasteiger partial charge on any atom is -0.320 e. The van der Waals surface area contributed by atoms with Crippen molar-refractivity contribution in [2.24, 2.45) is 5.73 Å². The largest absolute Gasteiger partial charge is 0.320 e. The van der Waals surface area contributed by atoms with Gasteiger partial charge in [0.2, 0.25) is 5.91 Å². The zero-order chi connectivity index (χ0) is 12.3. The quantitative estimate of drug-likeness (QED) is 0.862. The van der Waals surface area contributed by atoms with Crippen LogP contribution >= 0.6 is 11.3 Å². The van der Waals surface area contributed by atoms with Crippen molar-refractivity contribution >= 4 is 22.4 Å². The Morgan fingerprint density at radius 2 is 2.29 bits per heavy atom. The van der Waals surface area contributed by atoms with Crippen LogP contribution in [0.3, 0.4) is 0 Å². The average Bonchev–Trinajstić information content (AvgIpc) is 2.78. The highest BCUT2D eigenvalue weighted by Crippen LogP contribution is 2.22. The molecule has 2 rings (SSSR count). The zero-order valence-electron chi connectivity index (χ0n) is 9.25. The van der Waals surface area contributed by atoms with Crippen LogP contribution < -0.4 is 11.1 Å². The fourth-order valence-corrected chi connectivity index (χ4v) is 1.89. The summed E-state index contributed by atoms with van der Waals surface area (Å²) in [6.45, 7) is 1.63. The van der Waals surface area contributed by atoms with Crippen molar-refractivity contribution < 1.29 is 4.79 Å². The van der Waals surface area contributed by atoms with Gasteiger partial charge in [0.15, 0.2) is 5.13 Å². The minimum atomic E-state index is -0.544. The van der Waals surface area contributed by atoms with Crippen LogP contribution in [0.5, 0.6) is 0 Å². The van der Waals surface area contributed by atoms with Crippen LogP contribution in [0.2, 0.25) is 0 Å². The van der Waals surface area contributed by atoms with E-state index in [9.17, 15) is 4.79 Å². The Balaban J connectivity index is 2.14. The van der Waals surface area contributed by atoms with Gasteiger partial charge in [0, 0.05) is 11.6 Å². The maximum atomic E-state index is 11.4. The lowest BCUT2D eigenvalue weighted by Gasteiger charge is -2.03. The number of nitrogens with two attached hydrogens (primary N) is 1. The summed E-state index contributed by atoms with van der Waals surface area (Å²) in [4.78, 5) is 19.8. The van der Waals surface area contributed by atoms with E-state index in [0.29, 0.717) is 5.13 Å². The molecule has 0 saturated heterocycles. The van der Waals surface area contributed by atoms with Gasteiger partial charge in [0.1, 0.15) is 5.69 Å². The molecule has 3 N–H and O–H groups in total. The molecule has 6 heteroatoms. The number of aromatic nitrogens is 2. The first-order valence-corrected chi connectivity index (χ1v) is 5.98. The van der Waals surface area contributed by atoms with Crippen LogP contribution in [0.25, 0.3) is 11.4 Å². The summed E-state index contributed by atoms with van der Waals surface area (Å²) < 4.78 is 0. The van der Waals surface area contributed by atoms with Gasteiger partial charge in [-0.3, -0.25) is 9.78 Å². The van der Waals surface area contributed by atoms with Crippen molar-refractivity contribution in [3.63, 3.8) is 0 Å². The SMILES string of the molecule is C[C@@H](N)C(=O)Nc1nc(-c2ccccn2)cs1. The number of hydrogen-bond acceptors (Lipinski definition) is 5. The molecule has 0 bridgehead atoms. The maximum Gasteiger partial charge on any atom is 0.242 e. The summed E-state index contributed by atoms with van der Waals surface area (Å²) in [5.74, 6) is -0.244. The van der Waals surface area contributed by atoms with Crippen molar-refractivity contribution in [1.82, 2.24) is 9.97 Å². The van der Waals surface area contributed by atoms with Gasteiger partial charge in [-0.1, -0.05) is 6.07 Å². The molecule has 17 heavy (non-hydrogen) atoms. The molecule has 0 aliphatic rings. The molecule has 0 spiro atoms. The standard InChI is InChI=1S/C11H12N4OS/c1-7(12)10(16)15-11-14-9(6-17-11)8-4-2-3-5-13-8/h2-7H,12H2,1H3,(H,14,15,16)/t7-/m1/s1. The van der Waals surface area contributed by atoms with Crippen molar-refractivity contribution in [2.75, 3.05) is 5.32 Å². The Kier molecular flexibility index (Phi) is 3.46. The molecule has 1 atom stereocenters. The second kappa shape index (κ2) is 5.03. The molecular formula is C11H12N4OS. The van der Waals surface area contributed by atoms with Gasteiger partial charge in [-0.2, -0.15) is 0 Å². The Morgan fingerprint density at radius 1 is 1.47 bits per heavy atom. The zero-order valence-corrected chi connectivity index (χ0v) is 10.1. The summed E-state index contributed by atoms with van der Waals surface area (Å²) in [5.41, 5.74) is 6.98. The average molecular weight is 248 g/mol. The topological polar surface area (TPSA) is 80.9 Å². The molecular weight excluding hydrogens is 236 g/mol. The second-order valence-corrected chi connectivity index (χ2v) is 4.39. The molecule has 0 unspecified atom stereocenters. The van der Waals surface area contributed by atoms with E-state index >= 15 is 0 Å². The smallest absolute Gasteiger partial charge is 0.242 e. The van der Waals surface area contributed by atoms with Gasteiger partial charge in [-0.05, 0) is 19.1 Å². The summed E-state index contributed by atoms with van der Waals surface area (Å²) in [5, 5.41) is 5.03. The van der Waals surface area contributed by atoms with Crippen LogP contribution in [0.15, 0.2) is 29.8 Å². The van der Waals surface area contributed by atoms with Gasteiger partial charge in [0.25, 0.3) is 0 Å². The van der Waals surface area contributed by atoms with Crippen molar-refractivity contribution in [3.8, 4) is 11.4 Å². The third kappa shape index (κ3) is 2.86. The van der Waals surface area contributed by atoms with E-state index in [4.69, 9.17) is 5.73 Å². The van der Waals surface area contributed by atoms with Gasteiger partial charge >= 0.3 is 0 Å². The molecule has 0 aromatic carbocycles. The Morgan fingerprint density at radius 3 is 2.94 bits per heavy atom. The monoisotopic (exact) mass is 248 g/mol. The van der Waals surface area contributed by atoms with E-state index in [1.807, 2.05) is 23.6 Å². The molecule has 0 aliphatic carbocycles. The predicted molar refractivity (Wildman–Crippen MR) is 67.6 cm³/mol. The molecule has 0 radical (unpaired) electrons.